The molecule has 0 radical (unpaired) electrons. The Kier molecular flexibility index (Phi) is 5.12. The lowest BCUT2D eigenvalue weighted by Crippen LogP contribution is -2.53. The summed E-state index contributed by atoms with van der Waals surface area (Å²) in [6, 6.07) is -1.39. The Balaban J connectivity index is 2.71. The highest BCUT2D eigenvalue weighted by Crippen LogP contribution is 2.16. The number of amides is 2. The van der Waals surface area contributed by atoms with Crippen LogP contribution >= 0.6 is 0 Å². The quantitative estimate of drug-likeness (QED) is 0.731. The van der Waals surface area contributed by atoms with E-state index in [-0.39, 0.29) is 12.0 Å². The number of aromatic nitrogens is 2. The van der Waals surface area contributed by atoms with Crippen molar-refractivity contribution < 1.29 is 14.7 Å². The third kappa shape index (κ3) is 3.97. The fourth-order valence-electron chi connectivity index (χ4n) is 1.57. The Labute approximate surface area is 118 Å². The SMILES string of the molecule is CCC(C)(C)N(C)C(=O)N[C@@H](Cc1cnc[nH]1)C(=O)O. The normalized spacial score (nSPS) is 12.8. The van der Waals surface area contributed by atoms with Crippen LogP contribution in [0.15, 0.2) is 12.5 Å². The van der Waals surface area contributed by atoms with Gasteiger partial charge in [0, 0.05) is 30.9 Å². The van der Waals surface area contributed by atoms with Crippen molar-refractivity contribution in [2.75, 3.05) is 7.05 Å². The predicted molar refractivity (Wildman–Crippen MR) is 74.4 cm³/mol. The van der Waals surface area contributed by atoms with Crippen LogP contribution in [0, 0.1) is 0 Å². The van der Waals surface area contributed by atoms with Gasteiger partial charge in [-0.3, -0.25) is 0 Å². The molecule has 112 valence electrons. The summed E-state index contributed by atoms with van der Waals surface area (Å²) in [5.74, 6) is -1.07. The lowest BCUT2D eigenvalue weighted by molar-refractivity contribution is -0.139. The highest BCUT2D eigenvalue weighted by molar-refractivity contribution is 5.83. The minimum Gasteiger partial charge on any atom is -0.480 e. The zero-order valence-electron chi connectivity index (χ0n) is 12.3. The van der Waals surface area contributed by atoms with Gasteiger partial charge in [0.05, 0.1) is 6.33 Å². The van der Waals surface area contributed by atoms with Gasteiger partial charge < -0.3 is 20.3 Å². The molecule has 3 N–H and O–H groups in total. The van der Waals surface area contributed by atoms with Crippen LogP contribution in [0.5, 0.6) is 0 Å². The molecule has 0 aliphatic carbocycles. The average molecular weight is 282 g/mol. The van der Waals surface area contributed by atoms with E-state index < -0.39 is 18.0 Å². The van der Waals surface area contributed by atoms with Crippen molar-refractivity contribution in [1.29, 1.82) is 0 Å². The number of aliphatic carboxylic acids is 1. The van der Waals surface area contributed by atoms with E-state index in [2.05, 4.69) is 15.3 Å². The Morgan fingerprint density at radius 1 is 1.55 bits per heavy atom. The van der Waals surface area contributed by atoms with Gasteiger partial charge in [0.15, 0.2) is 0 Å². The lowest BCUT2D eigenvalue weighted by atomic mass is 10.0. The average Bonchev–Trinajstić information content (AvgIpc) is 2.89. The number of aromatic amines is 1. The number of carboxylic acid groups (broad SMARTS) is 1. The van der Waals surface area contributed by atoms with Crippen LogP contribution in [0.25, 0.3) is 0 Å². The number of nitrogens with zero attached hydrogens (tertiary/aromatic N) is 2. The summed E-state index contributed by atoms with van der Waals surface area (Å²) >= 11 is 0. The maximum absolute atomic E-state index is 12.1. The van der Waals surface area contributed by atoms with Crippen molar-refractivity contribution in [2.45, 2.75) is 45.2 Å². The molecular weight excluding hydrogens is 260 g/mol. The molecule has 1 atom stereocenters. The second-order valence-corrected chi connectivity index (χ2v) is 5.35. The largest absolute Gasteiger partial charge is 0.480 e. The van der Waals surface area contributed by atoms with E-state index in [0.717, 1.165) is 6.42 Å². The number of imidazole rings is 1. The van der Waals surface area contributed by atoms with Crippen molar-refractivity contribution in [3.05, 3.63) is 18.2 Å². The summed E-state index contributed by atoms with van der Waals surface area (Å²) in [4.78, 5) is 31.5. The van der Waals surface area contributed by atoms with Crippen LogP contribution in [0.1, 0.15) is 32.9 Å². The van der Waals surface area contributed by atoms with Crippen LogP contribution in [-0.2, 0) is 11.2 Å². The molecule has 2 amide bonds. The number of H-pyrrole nitrogens is 1. The Morgan fingerprint density at radius 3 is 2.65 bits per heavy atom. The van der Waals surface area contributed by atoms with Gasteiger partial charge in [-0.1, -0.05) is 6.92 Å². The van der Waals surface area contributed by atoms with Gasteiger partial charge in [-0.15, -0.1) is 0 Å². The molecule has 7 heteroatoms. The fraction of sp³-hybridized carbons (Fsp3) is 0.615. The van der Waals surface area contributed by atoms with Crippen LogP contribution in [0.2, 0.25) is 0 Å². The Morgan fingerprint density at radius 2 is 2.20 bits per heavy atom. The van der Waals surface area contributed by atoms with Gasteiger partial charge in [-0.2, -0.15) is 0 Å². The van der Waals surface area contributed by atoms with E-state index in [1.54, 1.807) is 13.2 Å². The van der Waals surface area contributed by atoms with E-state index in [0.29, 0.717) is 5.69 Å². The zero-order valence-corrected chi connectivity index (χ0v) is 12.3. The molecule has 0 unspecified atom stereocenters. The number of hydrogen-bond acceptors (Lipinski definition) is 3. The molecule has 20 heavy (non-hydrogen) atoms. The van der Waals surface area contributed by atoms with Crippen LogP contribution in [0.3, 0.4) is 0 Å². The summed E-state index contributed by atoms with van der Waals surface area (Å²) < 4.78 is 0. The summed E-state index contributed by atoms with van der Waals surface area (Å²) in [5, 5.41) is 11.7. The van der Waals surface area contributed by atoms with E-state index in [1.165, 1.54) is 11.2 Å². The number of rotatable bonds is 6. The van der Waals surface area contributed by atoms with Gasteiger partial charge in [0.2, 0.25) is 0 Å². The Hall–Kier alpha value is -2.05. The molecule has 0 aliphatic rings. The highest BCUT2D eigenvalue weighted by atomic mass is 16.4. The van der Waals surface area contributed by atoms with E-state index in [4.69, 9.17) is 0 Å². The number of nitrogens with one attached hydrogen (secondary N) is 2. The van der Waals surface area contributed by atoms with Crippen LogP contribution < -0.4 is 5.32 Å². The lowest BCUT2D eigenvalue weighted by Gasteiger charge is -2.35. The van der Waals surface area contributed by atoms with Crippen molar-refractivity contribution in [3.63, 3.8) is 0 Å². The second-order valence-electron chi connectivity index (χ2n) is 5.35. The third-order valence-electron chi connectivity index (χ3n) is 3.65. The van der Waals surface area contributed by atoms with E-state index in [9.17, 15) is 14.7 Å². The molecule has 0 aromatic carbocycles. The molecule has 0 spiro atoms. The summed E-state index contributed by atoms with van der Waals surface area (Å²) in [7, 11) is 1.66. The maximum Gasteiger partial charge on any atom is 0.326 e. The number of carbonyl (C=O) groups excluding carboxylic acids is 1. The monoisotopic (exact) mass is 282 g/mol. The molecule has 1 rings (SSSR count). The standard InChI is InChI=1S/C13H22N4O3/c1-5-13(2,3)17(4)12(20)16-10(11(18)19)6-9-7-14-8-15-9/h7-8,10H,5-6H2,1-4H3,(H,14,15)(H,16,20)(H,18,19)/t10-/m0/s1. The van der Waals surface area contributed by atoms with E-state index >= 15 is 0 Å². The van der Waals surface area contributed by atoms with Crippen LogP contribution in [0.4, 0.5) is 4.79 Å². The van der Waals surface area contributed by atoms with Gasteiger partial charge in [-0.05, 0) is 20.3 Å². The van der Waals surface area contributed by atoms with Crippen molar-refractivity contribution in [2.24, 2.45) is 0 Å². The molecule has 1 aromatic rings. The van der Waals surface area contributed by atoms with Gasteiger partial charge in [0.25, 0.3) is 0 Å². The summed E-state index contributed by atoms with van der Waals surface area (Å²) in [6.45, 7) is 5.83. The molecule has 0 fully saturated rings. The smallest absolute Gasteiger partial charge is 0.326 e. The molecule has 0 bridgehead atoms. The molecule has 0 saturated heterocycles. The predicted octanol–water partition coefficient (Wildman–Crippen LogP) is 1.24. The minimum absolute atomic E-state index is 0.168. The first kappa shape index (κ1) is 16.0. The van der Waals surface area contributed by atoms with Gasteiger partial charge in [0.1, 0.15) is 6.04 Å². The molecule has 0 aliphatic heterocycles. The minimum atomic E-state index is -1.07. The van der Waals surface area contributed by atoms with Crippen molar-refractivity contribution in [3.8, 4) is 0 Å². The van der Waals surface area contributed by atoms with Gasteiger partial charge >= 0.3 is 12.0 Å². The summed E-state index contributed by atoms with van der Waals surface area (Å²) in [5.41, 5.74) is 0.330. The third-order valence-corrected chi connectivity index (χ3v) is 3.65. The van der Waals surface area contributed by atoms with E-state index in [1.807, 2.05) is 20.8 Å². The zero-order chi connectivity index (χ0) is 15.3. The summed E-state index contributed by atoms with van der Waals surface area (Å²) in [6.07, 6.45) is 3.96. The number of hydrogen-bond donors (Lipinski definition) is 3. The first-order valence-corrected chi connectivity index (χ1v) is 6.52. The first-order valence-electron chi connectivity index (χ1n) is 6.52. The number of urea groups is 1. The fourth-order valence-corrected chi connectivity index (χ4v) is 1.57. The van der Waals surface area contributed by atoms with Crippen molar-refractivity contribution >= 4 is 12.0 Å². The number of carbonyl (C=O) groups is 2. The highest BCUT2D eigenvalue weighted by Gasteiger charge is 2.29. The van der Waals surface area contributed by atoms with Gasteiger partial charge in [-0.25, -0.2) is 14.6 Å². The van der Waals surface area contributed by atoms with Crippen molar-refractivity contribution in [1.82, 2.24) is 20.2 Å². The maximum atomic E-state index is 12.1. The molecular formula is C13H22N4O3. The number of carboxylic acids is 1. The topological polar surface area (TPSA) is 98.3 Å². The molecule has 1 aromatic heterocycles. The molecule has 1 heterocycles. The molecule has 7 nitrogen and oxygen atoms in total. The second kappa shape index (κ2) is 6.40. The first-order chi connectivity index (χ1) is 9.27. The van der Waals surface area contributed by atoms with Crippen LogP contribution in [-0.4, -0.2) is 50.6 Å². The molecule has 0 saturated carbocycles. The Bertz CT molecular complexity index is 456.